The number of allylic oxidation sites excluding steroid dienone is 5. The molecule has 0 saturated carbocycles. The van der Waals surface area contributed by atoms with Crippen LogP contribution in [0.2, 0.25) is 0 Å². The van der Waals surface area contributed by atoms with Crippen molar-refractivity contribution < 1.29 is 13.3 Å². The highest BCUT2D eigenvalue weighted by Gasteiger charge is 1.86. The van der Waals surface area contributed by atoms with Gasteiger partial charge in [0.1, 0.15) is 12.0 Å². The van der Waals surface area contributed by atoms with Crippen LogP contribution in [0.15, 0.2) is 138 Å². The van der Waals surface area contributed by atoms with Crippen LogP contribution >= 0.6 is 22.7 Å². The van der Waals surface area contributed by atoms with Crippen LogP contribution < -0.4 is 0 Å². The van der Waals surface area contributed by atoms with E-state index in [0.29, 0.717) is 5.89 Å². The second-order valence-electron chi connectivity index (χ2n) is 9.91. The molecule has 11 heteroatoms. The highest BCUT2D eigenvalue weighted by Crippen LogP contribution is 2.05. The first-order valence-electron chi connectivity index (χ1n) is 15.2. The number of hydrogen-bond donors (Lipinski definition) is 1. The van der Waals surface area contributed by atoms with Gasteiger partial charge in [0, 0.05) is 43.0 Å². The molecule has 8 rings (SSSR count). The van der Waals surface area contributed by atoms with E-state index in [0.717, 1.165) is 35.3 Å². The van der Waals surface area contributed by atoms with Crippen molar-refractivity contribution in [2.45, 2.75) is 91.5 Å². The first kappa shape index (κ1) is 53.9. The summed E-state index contributed by atoms with van der Waals surface area (Å²) >= 11 is 3.41. The summed E-state index contributed by atoms with van der Waals surface area (Å²) in [5.41, 5.74) is 5.12. The topological polar surface area (TPSA) is 119 Å². The number of thiophene rings is 1. The quantitative estimate of drug-likeness (QED) is 0.164. The average Bonchev–Trinajstić information content (AvgIpc) is 3.87. The van der Waals surface area contributed by atoms with E-state index in [-0.39, 0.29) is 29.7 Å². The molecule has 0 bridgehead atoms. The van der Waals surface area contributed by atoms with Gasteiger partial charge in [-0.15, -0.1) is 21.5 Å². The van der Waals surface area contributed by atoms with Crippen LogP contribution in [0.4, 0.5) is 0 Å². The lowest BCUT2D eigenvalue weighted by atomic mass is 10.3. The second-order valence-corrected chi connectivity index (χ2v) is 11.8. The minimum atomic E-state index is 0. The molecule has 1 aliphatic carbocycles. The largest absolute Gasteiger partial charge is 0.470 e. The summed E-state index contributed by atoms with van der Waals surface area (Å²) in [6.45, 7) is 16.6. The normalized spacial score (nSPS) is 10.4. The maximum atomic E-state index is 4.83. The zero-order valence-corrected chi connectivity index (χ0v) is 30.8. The van der Waals surface area contributed by atoms with Crippen LogP contribution in [0.3, 0.4) is 0 Å². The number of oxazole rings is 1. The van der Waals surface area contributed by atoms with Gasteiger partial charge >= 0.3 is 0 Å². The van der Waals surface area contributed by atoms with Gasteiger partial charge in [-0.1, -0.05) is 59.6 Å². The molecule has 0 fully saturated rings. The summed E-state index contributed by atoms with van der Waals surface area (Å²) in [6.07, 6.45) is 21.6. The van der Waals surface area contributed by atoms with E-state index in [9.17, 15) is 0 Å². The number of H-pyrrole nitrogens is 1. The Morgan fingerprint density at radius 3 is 1.65 bits per heavy atom. The fourth-order valence-corrected chi connectivity index (χ4v) is 4.08. The van der Waals surface area contributed by atoms with Gasteiger partial charge in [0.2, 0.25) is 12.3 Å². The molecule has 6 aromatic rings. The van der Waals surface area contributed by atoms with Crippen molar-refractivity contribution in [2.24, 2.45) is 4.99 Å². The van der Waals surface area contributed by atoms with Crippen molar-refractivity contribution in [2.75, 3.05) is 6.54 Å². The maximum Gasteiger partial charge on any atom is 0.213 e. The predicted molar refractivity (Wildman–Crippen MR) is 227 cm³/mol. The molecule has 2 aliphatic rings. The van der Waals surface area contributed by atoms with E-state index in [1.807, 2.05) is 69.6 Å². The Bertz CT molecular complexity index is 1330. The van der Waals surface area contributed by atoms with Gasteiger partial charge in [0.25, 0.3) is 0 Å². The maximum absolute atomic E-state index is 4.83. The molecule has 0 spiro atoms. The molecular weight excluding hydrogens is 689 g/mol. The molecule has 0 unspecified atom stereocenters. The zero-order valence-electron chi connectivity index (χ0n) is 29.2. The molecule has 6 aromatic heterocycles. The van der Waals surface area contributed by atoms with E-state index >= 15 is 0 Å². The SMILES string of the molecule is C.C.C.C.CC1=CCC=C1.CC1=NCC=C1.Cc1ccc[nH]1.Cc1ccco1.Cc1ccsc1.Cc1ncco1.Cc1nccs1.Cc1nnco1. The van der Waals surface area contributed by atoms with Crippen molar-refractivity contribution in [1.82, 2.24) is 25.1 Å². The number of nitrogens with one attached hydrogen (secondary N) is 1. The first-order valence-corrected chi connectivity index (χ1v) is 17.0. The molecule has 0 radical (unpaired) electrons. The predicted octanol–water partition coefficient (Wildman–Crippen LogP) is 13.2. The van der Waals surface area contributed by atoms with Crippen LogP contribution in [0.1, 0.15) is 83.8 Å². The third-order valence-corrected chi connectivity index (χ3v) is 6.93. The minimum Gasteiger partial charge on any atom is -0.470 e. The van der Waals surface area contributed by atoms with Crippen molar-refractivity contribution in [3.63, 3.8) is 0 Å². The Balaban J connectivity index is -0.000000250. The lowest BCUT2D eigenvalue weighted by Crippen LogP contribution is -1.73. The molecule has 7 heterocycles. The summed E-state index contributed by atoms with van der Waals surface area (Å²) in [4.78, 5) is 14.7. The molecule has 0 aromatic carbocycles. The number of nitrogens with zero attached hydrogens (tertiary/aromatic N) is 5. The number of rotatable bonds is 0. The van der Waals surface area contributed by atoms with E-state index in [1.165, 1.54) is 23.2 Å². The van der Waals surface area contributed by atoms with Crippen LogP contribution in [-0.2, 0) is 0 Å². The molecule has 1 aliphatic heterocycles. The van der Waals surface area contributed by atoms with Crippen LogP contribution in [0.5, 0.6) is 0 Å². The van der Waals surface area contributed by atoms with E-state index in [4.69, 9.17) is 8.83 Å². The standard InChI is InChI=1S/C6H8.2C5H7N.C5H6O.C5H6S.C4H5NO.C4H5NS.C3H4N2O.4CH4/c1-6-4-2-3-5-6;3*1-5-3-2-4-6-5;1-5-2-3-6-4-5;2*1-4-5-2-3-6-4;1-3-5-4-2-6-3;;;;/h2,4-5H,3H2,1H3;2-3H,4H2,1H3;2-4,6H,1H3;2*2-4H,1H3;2*2-3H,1H3;2H,1H3;4*1H4. The van der Waals surface area contributed by atoms with Gasteiger partial charge in [-0.05, 0) is 101 Å². The number of thiazole rings is 1. The van der Waals surface area contributed by atoms with Crippen molar-refractivity contribution in [1.29, 1.82) is 0 Å². The fourth-order valence-electron chi connectivity index (χ4n) is 2.98. The molecule has 9 nitrogen and oxygen atoms in total. The number of aryl methyl sites for hydroxylation is 6. The number of hydrogen-bond acceptors (Lipinski definition) is 10. The highest BCUT2D eigenvalue weighted by atomic mass is 32.1. The van der Waals surface area contributed by atoms with Crippen LogP contribution in [0.25, 0.3) is 0 Å². The Labute approximate surface area is 322 Å². The lowest BCUT2D eigenvalue weighted by molar-refractivity contribution is 0.518. The van der Waals surface area contributed by atoms with Gasteiger partial charge in [-0.2, -0.15) is 11.3 Å². The van der Waals surface area contributed by atoms with E-state index in [2.05, 4.69) is 89.5 Å². The van der Waals surface area contributed by atoms with Gasteiger partial charge in [-0.25, -0.2) is 4.98 Å². The molecule has 52 heavy (non-hydrogen) atoms. The summed E-state index contributed by atoms with van der Waals surface area (Å²) < 4.78 is 14.2. The molecule has 1 N–H and O–H groups in total. The Hall–Kier alpha value is -4.87. The highest BCUT2D eigenvalue weighted by molar-refractivity contribution is 7.09. The second kappa shape index (κ2) is 35.9. The molecule has 288 valence electrons. The van der Waals surface area contributed by atoms with Gasteiger partial charge in [0.05, 0.1) is 24.0 Å². The minimum absolute atomic E-state index is 0. The van der Waals surface area contributed by atoms with Crippen molar-refractivity contribution in [3.05, 3.63) is 154 Å². The number of aromatic amines is 1. The number of aliphatic imine (C=N–C) groups is 1. The zero-order chi connectivity index (χ0) is 35.2. The van der Waals surface area contributed by atoms with Gasteiger partial charge in [0.15, 0.2) is 5.89 Å². The molecular formula is C41H64N6O3S2. The Kier molecular flexibility index (Phi) is 37.3. The summed E-state index contributed by atoms with van der Waals surface area (Å²) in [6, 6.07) is 9.90. The number of aromatic nitrogens is 5. The van der Waals surface area contributed by atoms with Gasteiger partial charge < -0.3 is 18.2 Å². The Morgan fingerprint density at radius 1 is 0.731 bits per heavy atom. The third kappa shape index (κ3) is 33.6. The molecule has 0 amide bonds. The lowest BCUT2D eigenvalue weighted by Gasteiger charge is -1.72. The third-order valence-electron chi connectivity index (χ3n) is 5.42. The van der Waals surface area contributed by atoms with Crippen LogP contribution in [0, 0.1) is 41.5 Å². The summed E-state index contributed by atoms with van der Waals surface area (Å²) in [7, 11) is 0. The average molecular weight is 753 g/mol. The van der Waals surface area contributed by atoms with Crippen molar-refractivity contribution >= 4 is 28.4 Å². The van der Waals surface area contributed by atoms with Gasteiger partial charge in [-0.3, -0.25) is 9.98 Å². The first-order chi connectivity index (χ1) is 23.2. The Morgan fingerprint density at radius 2 is 1.50 bits per heavy atom. The molecule has 0 atom stereocenters. The summed E-state index contributed by atoms with van der Waals surface area (Å²) in [5.74, 6) is 2.29. The fraction of sp³-hybridized carbons (Fsp3) is 0.341. The van der Waals surface area contributed by atoms with E-state index < -0.39 is 0 Å². The van der Waals surface area contributed by atoms with Crippen molar-refractivity contribution in [3.8, 4) is 0 Å². The number of furan rings is 1. The monoisotopic (exact) mass is 752 g/mol. The van der Waals surface area contributed by atoms with E-state index in [1.54, 1.807) is 61.4 Å². The van der Waals surface area contributed by atoms with Crippen LogP contribution in [-0.4, -0.2) is 37.4 Å². The summed E-state index contributed by atoms with van der Waals surface area (Å²) in [5, 5.41) is 14.2. The molecule has 0 saturated heterocycles. The smallest absolute Gasteiger partial charge is 0.213 e.